The Hall–Kier alpha value is -3.42. The first kappa shape index (κ1) is 19.9. The number of carbonyl (C=O) groups is 2. The number of aryl methyl sites for hydroxylation is 2. The summed E-state index contributed by atoms with van der Waals surface area (Å²) < 4.78 is 6.69. The van der Waals surface area contributed by atoms with Crippen LogP contribution in [0.4, 0.5) is 5.82 Å². The molecule has 2 aromatic heterocycles. The Balaban J connectivity index is 1.29. The zero-order chi connectivity index (χ0) is 21.1. The maximum atomic E-state index is 12.6. The molecule has 0 aliphatic carbocycles. The average molecular weight is 408 g/mol. The van der Waals surface area contributed by atoms with E-state index in [9.17, 15) is 14.4 Å². The first-order chi connectivity index (χ1) is 14.5. The monoisotopic (exact) mass is 408 g/mol. The first-order valence-electron chi connectivity index (χ1n) is 10.1. The largest absolute Gasteiger partial charge is 0.419 e. The van der Waals surface area contributed by atoms with E-state index in [4.69, 9.17) is 4.42 Å². The van der Waals surface area contributed by atoms with Gasteiger partial charge in [0.05, 0.1) is 5.52 Å². The zero-order valence-electron chi connectivity index (χ0n) is 16.8. The molecule has 8 nitrogen and oxygen atoms in total. The summed E-state index contributed by atoms with van der Waals surface area (Å²) in [6.07, 6.45) is 3.15. The van der Waals surface area contributed by atoms with Crippen molar-refractivity contribution in [3.63, 3.8) is 0 Å². The lowest BCUT2D eigenvalue weighted by Crippen LogP contribution is -2.41. The number of carbonyl (C=O) groups excluding carboxylic acids is 2. The molecule has 0 bridgehead atoms. The van der Waals surface area contributed by atoms with E-state index in [-0.39, 0.29) is 30.7 Å². The van der Waals surface area contributed by atoms with E-state index in [1.807, 2.05) is 19.1 Å². The van der Waals surface area contributed by atoms with Gasteiger partial charge in [-0.05, 0) is 43.5 Å². The smallest absolute Gasteiger partial charge is 0.408 e. The second-order valence-corrected chi connectivity index (χ2v) is 7.60. The molecule has 0 unspecified atom stereocenters. The van der Waals surface area contributed by atoms with Gasteiger partial charge in [0.1, 0.15) is 5.82 Å². The van der Waals surface area contributed by atoms with Gasteiger partial charge in [0, 0.05) is 38.2 Å². The minimum atomic E-state index is -0.455. The van der Waals surface area contributed by atoms with Gasteiger partial charge in [-0.1, -0.05) is 18.2 Å². The molecule has 156 valence electrons. The fourth-order valence-corrected chi connectivity index (χ4v) is 3.75. The highest BCUT2D eigenvalue weighted by atomic mass is 16.4. The fourth-order valence-electron chi connectivity index (χ4n) is 3.75. The number of benzene rings is 1. The number of pyridine rings is 1. The van der Waals surface area contributed by atoms with Crippen molar-refractivity contribution in [3.05, 3.63) is 58.7 Å². The molecular weight excluding hydrogens is 384 g/mol. The van der Waals surface area contributed by atoms with Crippen molar-refractivity contribution in [2.24, 2.45) is 5.92 Å². The Morgan fingerprint density at radius 3 is 2.67 bits per heavy atom. The molecule has 0 saturated carbocycles. The summed E-state index contributed by atoms with van der Waals surface area (Å²) >= 11 is 0. The highest BCUT2D eigenvalue weighted by Gasteiger charge is 2.27. The zero-order valence-corrected chi connectivity index (χ0v) is 16.8. The summed E-state index contributed by atoms with van der Waals surface area (Å²) in [7, 11) is 0. The van der Waals surface area contributed by atoms with E-state index in [1.165, 1.54) is 4.57 Å². The van der Waals surface area contributed by atoms with E-state index in [1.54, 1.807) is 35.4 Å². The summed E-state index contributed by atoms with van der Waals surface area (Å²) in [5, 5.41) is 2.85. The highest BCUT2D eigenvalue weighted by Crippen LogP contribution is 2.20. The minimum Gasteiger partial charge on any atom is -0.408 e. The molecule has 8 heteroatoms. The lowest BCUT2D eigenvalue weighted by Gasteiger charge is -2.31. The fraction of sp³-hybridized carbons (Fsp3) is 0.364. The van der Waals surface area contributed by atoms with Crippen molar-refractivity contribution in [1.82, 2.24) is 14.5 Å². The molecule has 4 rings (SSSR count). The Labute approximate surface area is 173 Å². The topological polar surface area (TPSA) is 97.4 Å². The molecule has 1 aliphatic rings. The van der Waals surface area contributed by atoms with Gasteiger partial charge in [-0.25, -0.2) is 9.78 Å². The van der Waals surface area contributed by atoms with E-state index in [0.29, 0.717) is 42.8 Å². The Morgan fingerprint density at radius 1 is 1.17 bits per heavy atom. The van der Waals surface area contributed by atoms with Gasteiger partial charge in [0.2, 0.25) is 11.8 Å². The van der Waals surface area contributed by atoms with Gasteiger partial charge in [-0.15, -0.1) is 0 Å². The van der Waals surface area contributed by atoms with Crippen molar-refractivity contribution in [1.29, 1.82) is 0 Å². The van der Waals surface area contributed by atoms with Gasteiger partial charge in [-0.3, -0.25) is 14.2 Å². The number of rotatable bonds is 5. The van der Waals surface area contributed by atoms with Crippen LogP contribution in [-0.4, -0.2) is 39.4 Å². The van der Waals surface area contributed by atoms with Crippen molar-refractivity contribution in [3.8, 4) is 0 Å². The van der Waals surface area contributed by atoms with Crippen LogP contribution in [-0.2, 0) is 16.1 Å². The van der Waals surface area contributed by atoms with Crippen molar-refractivity contribution >= 4 is 28.7 Å². The normalized spacial score (nSPS) is 14.8. The first-order valence-corrected chi connectivity index (χ1v) is 10.1. The van der Waals surface area contributed by atoms with Crippen LogP contribution in [0.3, 0.4) is 0 Å². The van der Waals surface area contributed by atoms with Crippen molar-refractivity contribution < 1.29 is 14.0 Å². The molecule has 0 atom stereocenters. The van der Waals surface area contributed by atoms with Crippen LogP contribution >= 0.6 is 0 Å². The second-order valence-electron chi connectivity index (χ2n) is 7.60. The number of fused-ring (bicyclic) bond motifs is 1. The number of hydrogen-bond donors (Lipinski definition) is 1. The number of oxazole rings is 1. The molecule has 30 heavy (non-hydrogen) atoms. The van der Waals surface area contributed by atoms with E-state index >= 15 is 0 Å². The Morgan fingerprint density at radius 2 is 1.93 bits per heavy atom. The third kappa shape index (κ3) is 4.27. The molecule has 1 N–H and O–H groups in total. The predicted molar refractivity (Wildman–Crippen MR) is 112 cm³/mol. The van der Waals surface area contributed by atoms with Gasteiger partial charge in [0.25, 0.3) is 0 Å². The number of nitrogens with zero attached hydrogens (tertiary/aromatic N) is 3. The number of likely N-dealkylation sites (tertiary alicyclic amines) is 1. The lowest BCUT2D eigenvalue weighted by atomic mass is 9.95. The van der Waals surface area contributed by atoms with Crippen molar-refractivity contribution in [2.75, 3.05) is 18.4 Å². The molecule has 0 radical (unpaired) electrons. The highest BCUT2D eigenvalue weighted by molar-refractivity contribution is 5.91. The molecule has 3 heterocycles. The quantitative estimate of drug-likeness (QED) is 0.700. The van der Waals surface area contributed by atoms with Gasteiger partial charge in [-0.2, -0.15) is 0 Å². The van der Waals surface area contributed by atoms with Crippen LogP contribution in [0.15, 0.2) is 51.8 Å². The standard InChI is InChI=1S/C22H24N4O4/c1-15-6-7-19(23-14-15)24-21(28)16-8-11-25(12-9-16)20(27)10-13-26-17-4-2-3-5-18(17)30-22(26)29/h2-7,14,16H,8-13H2,1H3,(H,23,24,28). The number of amides is 2. The third-order valence-electron chi connectivity index (χ3n) is 5.50. The molecule has 2 amide bonds. The summed E-state index contributed by atoms with van der Waals surface area (Å²) in [5.41, 5.74) is 2.24. The van der Waals surface area contributed by atoms with Gasteiger partial charge < -0.3 is 14.6 Å². The summed E-state index contributed by atoms with van der Waals surface area (Å²) in [6.45, 7) is 3.27. The third-order valence-corrected chi connectivity index (χ3v) is 5.50. The number of aromatic nitrogens is 2. The maximum absolute atomic E-state index is 12.6. The summed E-state index contributed by atoms with van der Waals surface area (Å²) in [5.74, 6) is -0.135. The van der Waals surface area contributed by atoms with Crippen LogP contribution < -0.4 is 11.1 Å². The van der Waals surface area contributed by atoms with Crippen LogP contribution in [0.25, 0.3) is 11.1 Å². The van der Waals surface area contributed by atoms with E-state index in [0.717, 1.165) is 5.56 Å². The van der Waals surface area contributed by atoms with Crippen LogP contribution in [0, 0.1) is 12.8 Å². The number of piperidine rings is 1. The SMILES string of the molecule is Cc1ccc(NC(=O)C2CCN(C(=O)CCn3c(=O)oc4ccccc43)CC2)nc1. The predicted octanol–water partition coefficient (Wildman–Crippen LogP) is 2.57. The van der Waals surface area contributed by atoms with Gasteiger partial charge in [0.15, 0.2) is 5.58 Å². The molecular formula is C22H24N4O4. The van der Waals surface area contributed by atoms with E-state index < -0.39 is 5.76 Å². The molecule has 1 fully saturated rings. The molecule has 0 spiro atoms. The van der Waals surface area contributed by atoms with Crippen molar-refractivity contribution in [2.45, 2.75) is 32.7 Å². The Bertz CT molecular complexity index is 1110. The number of anilines is 1. The van der Waals surface area contributed by atoms with Crippen LogP contribution in [0.5, 0.6) is 0 Å². The number of nitrogens with one attached hydrogen (secondary N) is 1. The second kappa shape index (κ2) is 8.52. The average Bonchev–Trinajstić information content (AvgIpc) is 3.08. The van der Waals surface area contributed by atoms with Crippen LogP contribution in [0.2, 0.25) is 0 Å². The van der Waals surface area contributed by atoms with Crippen LogP contribution in [0.1, 0.15) is 24.8 Å². The Kier molecular flexibility index (Phi) is 5.65. The molecule has 1 aromatic carbocycles. The number of hydrogen-bond acceptors (Lipinski definition) is 5. The summed E-state index contributed by atoms with van der Waals surface area (Å²) in [4.78, 5) is 43.1. The van der Waals surface area contributed by atoms with Gasteiger partial charge >= 0.3 is 5.76 Å². The molecule has 3 aromatic rings. The van der Waals surface area contributed by atoms with E-state index in [2.05, 4.69) is 10.3 Å². The summed E-state index contributed by atoms with van der Waals surface area (Å²) in [6, 6.07) is 10.9. The molecule has 1 aliphatic heterocycles. The number of para-hydroxylation sites is 2. The maximum Gasteiger partial charge on any atom is 0.419 e. The minimum absolute atomic E-state index is 0.0220. The molecule has 1 saturated heterocycles. The lowest BCUT2D eigenvalue weighted by molar-refractivity contribution is -0.134.